The third kappa shape index (κ3) is 6.27. The van der Waals surface area contributed by atoms with Crippen LogP contribution >= 0.6 is 12.2 Å². The van der Waals surface area contributed by atoms with Crippen molar-refractivity contribution in [1.82, 2.24) is 14.8 Å². The Morgan fingerprint density at radius 1 is 0.857 bits per heavy atom. The van der Waals surface area contributed by atoms with Gasteiger partial charge in [0.15, 0.2) is 10.6 Å². The van der Waals surface area contributed by atoms with E-state index in [0.29, 0.717) is 41.0 Å². The molecule has 0 aliphatic rings. The van der Waals surface area contributed by atoms with Crippen molar-refractivity contribution in [2.75, 3.05) is 18.5 Å². The lowest BCUT2D eigenvalue weighted by Crippen LogP contribution is -2.19. The van der Waals surface area contributed by atoms with E-state index in [0.717, 1.165) is 17.1 Å². The van der Waals surface area contributed by atoms with Gasteiger partial charge in [-0.25, -0.2) is 0 Å². The minimum atomic E-state index is -0.227. The Morgan fingerprint density at radius 3 is 1.94 bits per heavy atom. The van der Waals surface area contributed by atoms with Gasteiger partial charge in [-0.3, -0.25) is 14.5 Å². The number of anilines is 1. The molecule has 8 nitrogen and oxygen atoms in total. The molecule has 4 rings (SSSR count). The van der Waals surface area contributed by atoms with E-state index in [1.54, 1.807) is 28.8 Å². The topological polar surface area (TPSA) is 90.4 Å². The number of hydrogen-bond acceptors (Lipinski definition) is 6. The molecule has 180 valence electrons. The predicted molar refractivity (Wildman–Crippen MR) is 137 cm³/mol. The number of aromatic amines is 1. The van der Waals surface area contributed by atoms with Gasteiger partial charge in [-0.1, -0.05) is 0 Å². The molecule has 0 radical (unpaired) electrons. The lowest BCUT2D eigenvalue weighted by Gasteiger charge is -2.10. The average Bonchev–Trinajstić information content (AvgIpc) is 3.22. The van der Waals surface area contributed by atoms with Gasteiger partial charge in [0.05, 0.1) is 13.2 Å². The minimum Gasteiger partial charge on any atom is -0.494 e. The third-order valence-corrected chi connectivity index (χ3v) is 5.30. The quantitative estimate of drug-likeness (QED) is 0.272. The maximum atomic E-state index is 12.7. The molecule has 0 atom stereocenters. The summed E-state index contributed by atoms with van der Waals surface area (Å²) in [6.45, 7) is 5.09. The van der Waals surface area contributed by atoms with Gasteiger partial charge in [-0.15, -0.1) is 0 Å². The Hall–Kier alpha value is -4.11. The molecule has 4 aromatic rings. The first kappa shape index (κ1) is 24.0. The second-order valence-corrected chi connectivity index (χ2v) is 7.86. The lowest BCUT2D eigenvalue weighted by molar-refractivity contribution is -0.116. The van der Waals surface area contributed by atoms with Crippen molar-refractivity contribution in [2.45, 2.75) is 20.4 Å². The highest BCUT2D eigenvalue weighted by molar-refractivity contribution is 7.71. The molecule has 0 saturated carbocycles. The zero-order valence-electron chi connectivity index (χ0n) is 19.5. The van der Waals surface area contributed by atoms with Gasteiger partial charge in [0.1, 0.15) is 29.5 Å². The molecule has 0 spiro atoms. The molecule has 1 amide bonds. The number of hydrogen-bond donors (Lipinski definition) is 2. The number of benzene rings is 3. The highest BCUT2D eigenvalue weighted by atomic mass is 32.1. The number of rotatable bonds is 10. The Kier molecular flexibility index (Phi) is 7.79. The molecule has 0 fully saturated rings. The number of ether oxygens (including phenoxy) is 3. The number of carbonyl (C=O) groups is 1. The predicted octanol–water partition coefficient (Wildman–Crippen LogP) is 5.84. The summed E-state index contributed by atoms with van der Waals surface area (Å²) in [6, 6.07) is 22.0. The van der Waals surface area contributed by atoms with Crippen LogP contribution < -0.4 is 19.5 Å². The van der Waals surface area contributed by atoms with Crippen LogP contribution in [0.2, 0.25) is 0 Å². The van der Waals surface area contributed by atoms with Gasteiger partial charge in [0.2, 0.25) is 5.91 Å². The number of amides is 1. The summed E-state index contributed by atoms with van der Waals surface area (Å²) in [5, 5.41) is 9.94. The Labute approximate surface area is 208 Å². The van der Waals surface area contributed by atoms with Crippen LogP contribution in [0.15, 0.2) is 72.8 Å². The van der Waals surface area contributed by atoms with E-state index in [9.17, 15) is 4.79 Å². The monoisotopic (exact) mass is 490 g/mol. The molecule has 0 bridgehead atoms. The molecule has 2 N–H and O–H groups in total. The van der Waals surface area contributed by atoms with Crippen LogP contribution in [0.1, 0.15) is 13.8 Å². The molecule has 9 heteroatoms. The number of carbonyl (C=O) groups excluding carboxylic acids is 1. The molecule has 1 aromatic heterocycles. The van der Waals surface area contributed by atoms with Crippen LogP contribution in [0, 0.1) is 4.77 Å². The lowest BCUT2D eigenvalue weighted by atomic mass is 10.2. The van der Waals surface area contributed by atoms with E-state index in [2.05, 4.69) is 15.5 Å². The van der Waals surface area contributed by atoms with Crippen molar-refractivity contribution in [3.63, 3.8) is 0 Å². The van der Waals surface area contributed by atoms with E-state index < -0.39 is 0 Å². The zero-order valence-corrected chi connectivity index (χ0v) is 20.3. The van der Waals surface area contributed by atoms with E-state index >= 15 is 0 Å². The van der Waals surface area contributed by atoms with Gasteiger partial charge >= 0.3 is 0 Å². The highest BCUT2D eigenvalue weighted by Gasteiger charge is 2.13. The fourth-order valence-electron chi connectivity index (χ4n) is 3.41. The summed E-state index contributed by atoms with van der Waals surface area (Å²) < 4.78 is 18.8. The number of aromatic nitrogens is 3. The largest absolute Gasteiger partial charge is 0.494 e. The maximum absolute atomic E-state index is 12.7. The molecule has 0 aliphatic carbocycles. The van der Waals surface area contributed by atoms with Crippen LogP contribution in [0.5, 0.6) is 23.0 Å². The first-order chi connectivity index (χ1) is 17.1. The van der Waals surface area contributed by atoms with Crippen LogP contribution in [-0.4, -0.2) is 33.9 Å². The average molecular weight is 491 g/mol. The van der Waals surface area contributed by atoms with Gasteiger partial charge < -0.3 is 19.5 Å². The van der Waals surface area contributed by atoms with E-state index in [1.807, 2.05) is 62.4 Å². The highest BCUT2D eigenvalue weighted by Crippen LogP contribution is 2.25. The van der Waals surface area contributed by atoms with Crippen LogP contribution in [0.3, 0.4) is 0 Å². The Balaban J connectivity index is 1.38. The molecule has 0 aliphatic heterocycles. The molecule has 35 heavy (non-hydrogen) atoms. The summed E-state index contributed by atoms with van der Waals surface area (Å²) >= 11 is 5.34. The van der Waals surface area contributed by atoms with Gasteiger partial charge in [-0.05, 0) is 98.9 Å². The molecular weight excluding hydrogens is 464 g/mol. The van der Waals surface area contributed by atoms with E-state index in [1.165, 1.54) is 0 Å². The standard InChI is InChI=1S/C26H26N4O4S/c1-3-32-20-9-5-18(6-10-20)25-28-29-26(35)30(25)17-24(31)27-19-7-11-22(12-8-19)34-23-15-13-21(14-16-23)33-4-2/h5-16H,3-4,17H2,1-2H3,(H,27,31)(H,29,35). The molecule has 3 aromatic carbocycles. The van der Waals surface area contributed by atoms with Crippen molar-refractivity contribution in [3.8, 4) is 34.4 Å². The second-order valence-electron chi connectivity index (χ2n) is 7.47. The van der Waals surface area contributed by atoms with Crippen molar-refractivity contribution in [1.29, 1.82) is 0 Å². The molecule has 1 heterocycles. The van der Waals surface area contributed by atoms with E-state index in [-0.39, 0.29) is 12.5 Å². The number of nitrogens with one attached hydrogen (secondary N) is 2. The summed E-state index contributed by atoms with van der Waals surface area (Å²) in [4.78, 5) is 12.7. The van der Waals surface area contributed by atoms with Gasteiger partial charge in [-0.2, -0.15) is 5.10 Å². The van der Waals surface area contributed by atoms with Gasteiger partial charge in [0.25, 0.3) is 0 Å². The smallest absolute Gasteiger partial charge is 0.244 e. The first-order valence-electron chi connectivity index (χ1n) is 11.2. The number of H-pyrrole nitrogens is 1. The summed E-state index contributed by atoms with van der Waals surface area (Å²) in [7, 11) is 0. The van der Waals surface area contributed by atoms with Crippen LogP contribution in [0.4, 0.5) is 5.69 Å². The fourth-order valence-corrected chi connectivity index (χ4v) is 3.61. The Morgan fingerprint density at radius 2 is 1.37 bits per heavy atom. The molecular formula is C26H26N4O4S. The fraction of sp³-hybridized carbons (Fsp3) is 0.192. The van der Waals surface area contributed by atoms with Crippen molar-refractivity contribution in [2.24, 2.45) is 0 Å². The minimum absolute atomic E-state index is 0.0162. The van der Waals surface area contributed by atoms with Crippen molar-refractivity contribution < 1.29 is 19.0 Å². The third-order valence-electron chi connectivity index (χ3n) is 4.99. The summed E-state index contributed by atoms with van der Waals surface area (Å²) in [5.74, 6) is 3.26. The Bertz CT molecular complexity index is 1310. The SMILES string of the molecule is CCOc1ccc(Oc2ccc(NC(=O)Cn3c(-c4ccc(OCC)cc4)n[nH]c3=S)cc2)cc1. The summed E-state index contributed by atoms with van der Waals surface area (Å²) in [5.41, 5.74) is 1.47. The number of nitrogens with zero attached hydrogens (tertiary/aromatic N) is 2. The molecule has 0 unspecified atom stereocenters. The zero-order chi connectivity index (χ0) is 24.6. The first-order valence-corrected chi connectivity index (χ1v) is 11.7. The second kappa shape index (κ2) is 11.3. The van der Waals surface area contributed by atoms with Crippen LogP contribution in [-0.2, 0) is 11.3 Å². The molecule has 0 saturated heterocycles. The van der Waals surface area contributed by atoms with Crippen LogP contribution in [0.25, 0.3) is 11.4 Å². The van der Waals surface area contributed by atoms with Gasteiger partial charge in [0, 0.05) is 11.3 Å². The maximum Gasteiger partial charge on any atom is 0.244 e. The normalized spacial score (nSPS) is 10.6. The van der Waals surface area contributed by atoms with E-state index in [4.69, 9.17) is 26.4 Å². The summed E-state index contributed by atoms with van der Waals surface area (Å²) in [6.07, 6.45) is 0. The van der Waals surface area contributed by atoms with Crippen molar-refractivity contribution in [3.05, 3.63) is 77.6 Å². The van der Waals surface area contributed by atoms with Crippen molar-refractivity contribution >= 4 is 23.8 Å².